The molecule has 0 atom stereocenters. The van der Waals surface area contributed by atoms with E-state index in [4.69, 9.17) is 21.7 Å². The molecule has 1 amide bonds. The second-order valence-electron chi connectivity index (χ2n) is 5.58. The molecule has 0 fully saturated rings. The van der Waals surface area contributed by atoms with Gasteiger partial charge in [0.2, 0.25) is 0 Å². The lowest BCUT2D eigenvalue weighted by Gasteiger charge is -2.11. The predicted octanol–water partition coefficient (Wildman–Crippen LogP) is 3.78. The molecule has 0 unspecified atom stereocenters. The molecule has 0 bridgehead atoms. The lowest BCUT2D eigenvalue weighted by molar-refractivity contribution is 0.0505. The highest BCUT2D eigenvalue weighted by Crippen LogP contribution is 2.14. The molecule has 2 aromatic carbocycles. The fourth-order valence-corrected chi connectivity index (χ4v) is 2.41. The van der Waals surface area contributed by atoms with E-state index >= 15 is 0 Å². The van der Waals surface area contributed by atoms with E-state index in [-0.39, 0.29) is 17.0 Å². The summed E-state index contributed by atoms with van der Waals surface area (Å²) in [6.45, 7) is 4.72. The highest BCUT2D eigenvalue weighted by molar-refractivity contribution is 7.80. The first-order valence-corrected chi connectivity index (χ1v) is 9.06. The molecule has 2 N–H and O–H groups in total. The topological polar surface area (TPSA) is 76.7 Å². The summed E-state index contributed by atoms with van der Waals surface area (Å²) in [5, 5.41) is 5.68. The Morgan fingerprint density at radius 3 is 2.44 bits per heavy atom. The molecule has 7 heteroatoms. The predicted molar refractivity (Wildman–Crippen MR) is 108 cm³/mol. The van der Waals surface area contributed by atoms with Gasteiger partial charge in [-0.2, -0.15) is 0 Å². The zero-order valence-electron chi connectivity index (χ0n) is 15.3. The molecule has 2 aromatic rings. The van der Waals surface area contributed by atoms with Gasteiger partial charge in [-0.25, -0.2) is 4.79 Å². The van der Waals surface area contributed by atoms with Gasteiger partial charge in [0.15, 0.2) is 5.11 Å². The summed E-state index contributed by atoms with van der Waals surface area (Å²) in [5.74, 6) is -0.0862. The lowest BCUT2D eigenvalue weighted by Crippen LogP contribution is -2.34. The van der Waals surface area contributed by atoms with Crippen LogP contribution >= 0.6 is 12.2 Å². The van der Waals surface area contributed by atoms with E-state index in [9.17, 15) is 9.59 Å². The third-order valence-corrected chi connectivity index (χ3v) is 3.65. The molecule has 0 heterocycles. The average Bonchev–Trinajstić information content (AvgIpc) is 2.67. The summed E-state index contributed by atoms with van der Waals surface area (Å²) < 4.78 is 10.5. The van der Waals surface area contributed by atoms with Crippen LogP contribution in [-0.4, -0.2) is 30.2 Å². The van der Waals surface area contributed by atoms with E-state index in [0.29, 0.717) is 35.8 Å². The summed E-state index contributed by atoms with van der Waals surface area (Å²) in [5.41, 5.74) is 1.55. The largest absolute Gasteiger partial charge is 0.494 e. The van der Waals surface area contributed by atoms with Crippen LogP contribution < -0.4 is 15.4 Å². The second-order valence-corrected chi connectivity index (χ2v) is 5.99. The normalized spacial score (nSPS) is 10.0. The van der Waals surface area contributed by atoms with Crippen molar-refractivity contribution in [1.82, 2.24) is 5.32 Å². The molecular weight excluding hydrogens is 364 g/mol. The van der Waals surface area contributed by atoms with Gasteiger partial charge in [-0.05, 0) is 68.0 Å². The van der Waals surface area contributed by atoms with Crippen molar-refractivity contribution in [3.63, 3.8) is 0 Å². The number of carbonyl (C=O) groups is 2. The van der Waals surface area contributed by atoms with E-state index in [1.54, 1.807) is 48.5 Å². The van der Waals surface area contributed by atoms with Crippen molar-refractivity contribution >= 4 is 34.9 Å². The monoisotopic (exact) mass is 386 g/mol. The summed E-state index contributed by atoms with van der Waals surface area (Å²) >= 11 is 5.17. The van der Waals surface area contributed by atoms with Crippen molar-refractivity contribution in [3.05, 3.63) is 59.7 Å². The molecular formula is C20H22N2O4S. The number of ether oxygens (including phenoxy) is 2. The zero-order chi connectivity index (χ0) is 19.6. The Hall–Kier alpha value is -2.93. The van der Waals surface area contributed by atoms with E-state index < -0.39 is 0 Å². The van der Waals surface area contributed by atoms with E-state index in [0.717, 1.165) is 6.42 Å². The number of rotatable bonds is 7. The van der Waals surface area contributed by atoms with Crippen LogP contribution in [0.3, 0.4) is 0 Å². The number of hydrogen-bond acceptors (Lipinski definition) is 5. The fraction of sp³-hybridized carbons (Fsp3) is 0.250. The Morgan fingerprint density at radius 2 is 1.78 bits per heavy atom. The second kappa shape index (κ2) is 10.3. The Kier molecular flexibility index (Phi) is 7.76. The van der Waals surface area contributed by atoms with Gasteiger partial charge in [-0.3, -0.25) is 10.1 Å². The molecule has 0 aromatic heterocycles. The summed E-state index contributed by atoms with van der Waals surface area (Å²) in [6, 6.07) is 13.5. The molecule has 0 aliphatic rings. The Labute approximate surface area is 163 Å². The molecule has 2 rings (SSSR count). The van der Waals surface area contributed by atoms with Gasteiger partial charge in [-0.1, -0.05) is 13.0 Å². The zero-order valence-corrected chi connectivity index (χ0v) is 16.1. The molecule has 0 aliphatic carbocycles. The maximum atomic E-state index is 12.3. The number of thiocarbonyl (C=S) groups is 1. The van der Waals surface area contributed by atoms with Crippen molar-refractivity contribution in [2.75, 3.05) is 18.5 Å². The van der Waals surface area contributed by atoms with Crippen LogP contribution in [0.5, 0.6) is 5.75 Å². The molecule has 0 spiro atoms. The van der Waals surface area contributed by atoms with Crippen LogP contribution in [0.4, 0.5) is 5.69 Å². The lowest BCUT2D eigenvalue weighted by atomic mass is 10.2. The van der Waals surface area contributed by atoms with Crippen molar-refractivity contribution in [3.8, 4) is 5.75 Å². The van der Waals surface area contributed by atoms with Gasteiger partial charge >= 0.3 is 5.97 Å². The third-order valence-electron chi connectivity index (χ3n) is 3.45. The number of nitrogens with one attached hydrogen (secondary N) is 2. The van der Waals surface area contributed by atoms with Crippen molar-refractivity contribution in [2.24, 2.45) is 0 Å². The minimum atomic E-state index is -0.367. The first-order chi connectivity index (χ1) is 13.0. The Balaban J connectivity index is 1.92. The van der Waals surface area contributed by atoms with Crippen molar-refractivity contribution in [2.45, 2.75) is 20.3 Å². The Bertz CT molecular complexity index is 806. The minimum absolute atomic E-state index is 0.156. The minimum Gasteiger partial charge on any atom is -0.494 e. The van der Waals surface area contributed by atoms with Crippen LogP contribution in [0, 0.1) is 0 Å². The smallest absolute Gasteiger partial charge is 0.338 e. The molecule has 27 heavy (non-hydrogen) atoms. The van der Waals surface area contributed by atoms with E-state index in [1.807, 2.05) is 13.8 Å². The number of esters is 1. The van der Waals surface area contributed by atoms with E-state index in [1.165, 1.54) is 0 Å². The number of carbonyl (C=O) groups excluding carboxylic acids is 2. The molecule has 0 radical (unpaired) electrons. The molecule has 0 saturated carbocycles. The molecule has 0 saturated heterocycles. The average molecular weight is 386 g/mol. The molecule has 6 nitrogen and oxygen atoms in total. The van der Waals surface area contributed by atoms with Crippen LogP contribution in [0.15, 0.2) is 48.5 Å². The van der Waals surface area contributed by atoms with Crippen molar-refractivity contribution in [1.29, 1.82) is 0 Å². The summed E-state index contributed by atoms with van der Waals surface area (Å²) in [6.07, 6.45) is 0.771. The molecule has 142 valence electrons. The highest BCUT2D eigenvalue weighted by Gasteiger charge is 2.10. The van der Waals surface area contributed by atoms with Gasteiger partial charge in [0.25, 0.3) is 5.91 Å². The standard InChI is InChI=1S/C20H22N2O4S/c1-3-12-26-19(24)14-8-10-16(11-9-14)21-20(27)22-18(23)15-6-5-7-17(13-15)25-4-2/h5-11,13H,3-4,12H2,1-2H3,(H2,21,22,23,27). The summed E-state index contributed by atoms with van der Waals surface area (Å²) in [7, 11) is 0. The maximum absolute atomic E-state index is 12.3. The van der Waals surface area contributed by atoms with Gasteiger partial charge in [-0.15, -0.1) is 0 Å². The first kappa shape index (κ1) is 20.4. The van der Waals surface area contributed by atoms with Gasteiger partial charge in [0.1, 0.15) is 5.75 Å². The van der Waals surface area contributed by atoms with Crippen LogP contribution in [-0.2, 0) is 4.74 Å². The quantitative estimate of drug-likeness (QED) is 0.557. The maximum Gasteiger partial charge on any atom is 0.338 e. The van der Waals surface area contributed by atoms with Crippen LogP contribution in [0.2, 0.25) is 0 Å². The highest BCUT2D eigenvalue weighted by atomic mass is 32.1. The van der Waals surface area contributed by atoms with Gasteiger partial charge in [0.05, 0.1) is 18.8 Å². The van der Waals surface area contributed by atoms with Crippen molar-refractivity contribution < 1.29 is 19.1 Å². The third kappa shape index (κ3) is 6.38. The van der Waals surface area contributed by atoms with Crippen LogP contribution in [0.1, 0.15) is 41.0 Å². The number of benzene rings is 2. The first-order valence-electron chi connectivity index (χ1n) is 8.65. The Morgan fingerprint density at radius 1 is 1.04 bits per heavy atom. The number of amides is 1. The van der Waals surface area contributed by atoms with E-state index in [2.05, 4.69) is 10.6 Å². The van der Waals surface area contributed by atoms with Gasteiger partial charge in [0, 0.05) is 11.3 Å². The number of hydrogen-bond donors (Lipinski definition) is 2. The fourth-order valence-electron chi connectivity index (χ4n) is 2.20. The SMILES string of the molecule is CCCOC(=O)c1ccc(NC(=S)NC(=O)c2cccc(OCC)c2)cc1. The van der Waals surface area contributed by atoms with Crippen LogP contribution in [0.25, 0.3) is 0 Å². The summed E-state index contributed by atoms with van der Waals surface area (Å²) in [4.78, 5) is 24.1. The molecule has 0 aliphatic heterocycles. The number of anilines is 1. The van der Waals surface area contributed by atoms with Gasteiger partial charge < -0.3 is 14.8 Å².